The number of rotatable bonds is 5. The molecule has 0 spiro atoms. The first-order chi connectivity index (χ1) is 25.4. The van der Waals surface area contributed by atoms with Crippen LogP contribution in [0.15, 0.2) is 60.7 Å². The van der Waals surface area contributed by atoms with Crippen molar-refractivity contribution in [3.63, 3.8) is 0 Å². The Labute approximate surface area is 311 Å². The van der Waals surface area contributed by atoms with E-state index in [2.05, 4.69) is 52.2 Å². The van der Waals surface area contributed by atoms with E-state index in [9.17, 15) is 28.8 Å². The molecule has 0 saturated heterocycles. The van der Waals surface area contributed by atoms with Gasteiger partial charge in [0.2, 0.25) is 52.6 Å². The van der Waals surface area contributed by atoms with Gasteiger partial charge >= 0.3 is 0 Å². The molecule has 5 atom stereocenters. The number of fused-ring (bicyclic) bond motifs is 2. The predicted molar refractivity (Wildman–Crippen MR) is 196 cm³/mol. The SMILES string of the molecule is C[C@@H]1NC(=O)CNC(=O)[C@H](Cc2ccccc2)NC(=O)[C@H](C)Nc2nc(Cl)nc(n2)NCCCC[C@@H](C(N)=O)NC(=O)[C@H](Cc2ccccc2)NC1=O. The number of aromatic nitrogens is 3. The second-order valence-corrected chi connectivity index (χ2v) is 12.9. The fourth-order valence-corrected chi connectivity index (χ4v) is 5.50. The number of anilines is 2. The lowest BCUT2D eigenvalue weighted by atomic mass is 10.0. The molecule has 3 aromatic rings. The maximum Gasteiger partial charge on any atom is 0.243 e. The van der Waals surface area contributed by atoms with Gasteiger partial charge in [-0.3, -0.25) is 28.8 Å². The van der Waals surface area contributed by atoms with Gasteiger partial charge in [0.25, 0.3) is 0 Å². The van der Waals surface area contributed by atoms with Crippen LogP contribution in [0.1, 0.15) is 44.2 Å². The highest BCUT2D eigenvalue weighted by Gasteiger charge is 2.29. The Kier molecular flexibility index (Phi) is 14.8. The topological polar surface area (TPSA) is 251 Å². The van der Waals surface area contributed by atoms with Gasteiger partial charge in [-0.1, -0.05) is 60.7 Å². The van der Waals surface area contributed by atoms with E-state index in [1.54, 1.807) is 55.5 Å². The Morgan fingerprint density at radius 2 is 1.23 bits per heavy atom. The zero-order chi connectivity index (χ0) is 38.3. The Hall–Kier alpha value is -5.84. The minimum atomic E-state index is -1.12. The molecule has 0 fully saturated rings. The molecule has 18 heteroatoms. The van der Waals surface area contributed by atoms with E-state index in [1.807, 2.05) is 12.1 Å². The molecule has 0 saturated carbocycles. The normalized spacial score (nSPS) is 22.8. The molecule has 1 aliphatic rings. The van der Waals surface area contributed by atoms with Gasteiger partial charge in [0.15, 0.2) is 0 Å². The van der Waals surface area contributed by atoms with Crippen LogP contribution < -0.4 is 43.0 Å². The third-order valence-corrected chi connectivity index (χ3v) is 8.40. The Bertz CT molecular complexity index is 1750. The van der Waals surface area contributed by atoms with Crippen LogP contribution in [-0.4, -0.2) is 93.7 Å². The van der Waals surface area contributed by atoms with Gasteiger partial charge in [-0.25, -0.2) is 0 Å². The summed E-state index contributed by atoms with van der Waals surface area (Å²) in [7, 11) is 0. The van der Waals surface area contributed by atoms with Crippen molar-refractivity contribution in [2.75, 3.05) is 23.7 Å². The predicted octanol–water partition coefficient (Wildman–Crippen LogP) is -0.0328. The molecule has 2 aromatic carbocycles. The molecule has 1 aliphatic heterocycles. The molecule has 17 nitrogen and oxygen atoms in total. The number of amides is 6. The lowest BCUT2D eigenvalue weighted by Crippen LogP contribution is -2.57. The van der Waals surface area contributed by atoms with Crippen molar-refractivity contribution < 1.29 is 28.8 Å². The minimum Gasteiger partial charge on any atom is -0.368 e. The second kappa shape index (κ2) is 19.7. The van der Waals surface area contributed by atoms with Crippen LogP contribution in [0.5, 0.6) is 0 Å². The number of benzene rings is 2. The van der Waals surface area contributed by atoms with Crippen molar-refractivity contribution in [1.29, 1.82) is 0 Å². The van der Waals surface area contributed by atoms with Crippen molar-refractivity contribution >= 4 is 58.9 Å². The van der Waals surface area contributed by atoms with Gasteiger partial charge in [-0.15, -0.1) is 0 Å². The van der Waals surface area contributed by atoms with Gasteiger partial charge in [0, 0.05) is 19.4 Å². The average molecular weight is 750 g/mol. The zero-order valence-electron chi connectivity index (χ0n) is 29.4. The van der Waals surface area contributed by atoms with Gasteiger partial charge in [0.1, 0.15) is 30.2 Å². The van der Waals surface area contributed by atoms with E-state index < -0.39 is 72.2 Å². The number of nitrogens with two attached hydrogens (primary N) is 1. The summed E-state index contributed by atoms with van der Waals surface area (Å²) in [6.45, 7) is 2.80. The van der Waals surface area contributed by atoms with Crippen molar-refractivity contribution in [2.24, 2.45) is 5.73 Å². The fraction of sp³-hybridized carbons (Fsp3) is 0.400. The number of carbonyl (C=O) groups excluding carboxylic acids is 6. The van der Waals surface area contributed by atoms with Gasteiger partial charge in [-0.2, -0.15) is 15.0 Å². The number of hydrogen-bond donors (Lipinski definition) is 8. The van der Waals surface area contributed by atoms with E-state index in [0.717, 1.165) is 11.1 Å². The minimum absolute atomic E-state index is 0.000224. The third-order valence-electron chi connectivity index (χ3n) is 8.23. The van der Waals surface area contributed by atoms with Crippen LogP contribution in [-0.2, 0) is 41.6 Å². The molecule has 282 valence electrons. The van der Waals surface area contributed by atoms with Crippen LogP contribution in [0, 0.1) is 0 Å². The zero-order valence-corrected chi connectivity index (χ0v) is 30.1. The highest BCUT2D eigenvalue weighted by atomic mass is 35.5. The van der Waals surface area contributed by atoms with Gasteiger partial charge in [-0.05, 0) is 55.8 Å². The number of hydrogen-bond acceptors (Lipinski definition) is 11. The molecule has 1 aromatic heterocycles. The summed E-state index contributed by atoms with van der Waals surface area (Å²) in [6, 6.07) is 12.6. The molecule has 6 amide bonds. The van der Waals surface area contributed by atoms with E-state index in [4.69, 9.17) is 17.3 Å². The van der Waals surface area contributed by atoms with Crippen molar-refractivity contribution in [3.8, 4) is 0 Å². The highest BCUT2D eigenvalue weighted by Crippen LogP contribution is 2.13. The Morgan fingerprint density at radius 1 is 0.679 bits per heavy atom. The third kappa shape index (κ3) is 13.0. The molecule has 9 N–H and O–H groups in total. The maximum atomic E-state index is 13.5. The largest absolute Gasteiger partial charge is 0.368 e. The summed E-state index contributed by atoms with van der Waals surface area (Å²) < 4.78 is 0. The number of carbonyl (C=O) groups is 6. The molecular weight excluding hydrogens is 706 g/mol. The maximum absolute atomic E-state index is 13.5. The standard InChI is InChI=1S/C35H44ClN11O6/c1-20-29(50)44-26(18-23-13-7-4-8-14-23)32(53)42-24(28(37)49)15-9-10-16-38-34-45-33(36)46-35(47-34)41-21(2)30(51)43-25(17-22-11-5-3-6-12-22)31(52)39-19-27(48)40-20/h3-8,11-14,20-21,24-26H,9-10,15-19H2,1-2H3,(H2,37,49)(H,39,52)(H,40,48)(H,42,53)(H,43,51)(H,44,50)(H2,38,41,45,46,47)/t20-,21-,24-,25-,26-/m0/s1. The van der Waals surface area contributed by atoms with Crippen LogP contribution in [0.3, 0.4) is 0 Å². The Morgan fingerprint density at radius 3 is 1.81 bits per heavy atom. The number of halogens is 1. The second-order valence-electron chi connectivity index (χ2n) is 12.5. The molecular formula is C35H44ClN11O6. The van der Waals surface area contributed by atoms with Crippen molar-refractivity contribution in [3.05, 3.63) is 77.1 Å². The van der Waals surface area contributed by atoms with Crippen molar-refractivity contribution in [1.82, 2.24) is 41.5 Å². The van der Waals surface area contributed by atoms with Crippen LogP contribution in [0.25, 0.3) is 0 Å². The first-order valence-electron chi connectivity index (χ1n) is 17.1. The summed E-state index contributed by atoms with van der Waals surface area (Å²) in [5.41, 5.74) is 7.12. The van der Waals surface area contributed by atoms with Gasteiger partial charge in [0.05, 0.1) is 6.54 Å². The fourth-order valence-electron chi connectivity index (χ4n) is 5.34. The summed E-state index contributed by atoms with van der Waals surface area (Å²) in [5.74, 6) is -3.85. The molecule has 2 heterocycles. The lowest BCUT2D eigenvalue weighted by Gasteiger charge is -2.24. The quantitative estimate of drug-likeness (QED) is 0.172. The molecule has 53 heavy (non-hydrogen) atoms. The van der Waals surface area contributed by atoms with Crippen LogP contribution in [0.2, 0.25) is 5.28 Å². The summed E-state index contributed by atoms with van der Waals surface area (Å²) in [6.07, 6.45) is 1.37. The van der Waals surface area contributed by atoms with E-state index in [-0.39, 0.29) is 36.4 Å². The van der Waals surface area contributed by atoms with Crippen LogP contribution >= 0.6 is 11.6 Å². The smallest absolute Gasteiger partial charge is 0.243 e. The molecule has 0 radical (unpaired) electrons. The van der Waals surface area contributed by atoms with Crippen LogP contribution in [0.4, 0.5) is 11.9 Å². The molecule has 2 bridgehead atoms. The first kappa shape index (κ1) is 39.9. The molecule has 0 unspecified atom stereocenters. The summed E-state index contributed by atoms with van der Waals surface area (Å²) in [5, 5.41) is 18.8. The highest BCUT2D eigenvalue weighted by molar-refractivity contribution is 6.28. The Balaban J connectivity index is 1.56. The molecule has 4 rings (SSSR count). The molecule has 0 aliphatic carbocycles. The summed E-state index contributed by atoms with van der Waals surface area (Å²) >= 11 is 6.13. The number of nitrogens with zero attached hydrogens (tertiary/aromatic N) is 3. The monoisotopic (exact) mass is 749 g/mol. The summed E-state index contributed by atoms with van der Waals surface area (Å²) in [4.78, 5) is 91.1. The van der Waals surface area contributed by atoms with Gasteiger partial charge < -0.3 is 43.0 Å². The average Bonchev–Trinajstić information content (AvgIpc) is 3.12. The van der Waals surface area contributed by atoms with E-state index >= 15 is 0 Å². The lowest BCUT2D eigenvalue weighted by molar-refractivity contribution is -0.133. The van der Waals surface area contributed by atoms with E-state index in [0.29, 0.717) is 19.4 Å². The number of primary amides is 1. The number of nitrogens with one attached hydrogen (secondary N) is 7. The first-order valence-corrected chi connectivity index (χ1v) is 17.5. The van der Waals surface area contributed by atoms with Crippen molar-refractivity contribution in [2.45, 2.75) is 76.2 Å². The van der Waals surface area contributed by atoms with E-state index in [1.165, 1.54) is 6.92 Å².